The van der Waals surface area contributed by atoms with Crippen LogP contribution in [0.1, 0.15) is 179 Å². The van der Waals surface area contributed by atoms with E-state index in [1.54, 1.807) is 6.07 Å². The number of unbranched alkanes of at least 4 members (excludes halogenated alkanes) is 3. The number of rotatable bonds is 40. The molecule has 1 amide bonds. The van der Waals surface area contributed by atoms with Crippen LogP contribution in [-0.2, 0) is 64.1 Å². The van der Waals surface area contributed by atoms with Crippen molar-refractivity contribution in [3.8, 4) is 5.69 Å². The second kappa shape index (κ2) is 36.9. The number of nitrogens with two attached hydrogens (primary N) is 1. The molecule has 0 saturated heterocycles. The number of carbonyl (C=O) groups is 2. The van der Waals surface area contributed by atoms with Gasteiger partial charge in [-0.3, -0.25) is 19.0 Å². The van der Waals surface area contributed by atoms with E-state index in [1.165, 1.54) is 78.0 Å². The van der Waals surface area contributed by atoms with Gasteiger partial charge in [0.25, 0.3) is 16.0 Å². The zero-order chi connectivity index (χ0) is 73.2. The minimum atomic E-state index is -4.05. The van der Waals surface area contributed by atoms with Crippen LogP contribution in [0.15, 0.2) is 156 Å². The normalized spacial score (nSPS) is 17.0. The third-order valence-corrected chi connectivity index (χ3v) is 21.7. The van der Waals surface area contributed by atoms with Crippen LogP contribution < -0.4 is 16.0 Å². The first-order valence-electron chi connectivity index (χ1n) is 37.2. The minimum absolute atomic E-state index is 0.114. The van der Waals surface area contributed by atoms with Crippen molar-refractivity contribution < 1.29 is 50.8 Å². The molecule has 2 aliphatic carbocycles. The molecule has 2 aliphatic heterocycles. The standard InChI is InChI=1S/C84H108IN7O10S/c1-9-10-15-42-90-73-28-13-11-26-70(73)83(5,6)77(90)38-34-64-23-19-24-65(35-39-78-84(7,8)71-27-12-14-29-74(71)91(78)43-16-17-54-103(95,96)97)80(64)66-32-30-62(31-33-66)59-89(60-63-22-18-25-67(85)55-63)41-21-45-99-47-49-101-51-53-102-52-50-100-48-46-98-44-20-40-87-72-56-68(36-37-69(72)81(86)94)92-75-57-82(3,4)58-76(93)79(75)61(2)88-92/h11-14,18,22,25-39,55-56H,9-10,15-17,19-21,23-24,40-54,57-60H2,1-8H3,(H3-,86,87,94,95,96,97)/p+1. The molecule has 1 aromatic heterocycles. The number of para-hydroxylation sites is 2. The summed E-state index contributed by atoms with van der Waals surface area (Å²) in [6.45, 7) is 27.1. The Hall–Kier alpha value is -6.92. The molecule has 6 aromatic rings. The number of ketones is 1. The van der Waals surface area contributed by atoms with Crippen molar-refractivity contribution >= 4 is 72.7 Å². The molecule has 4 N–H and O–H groups in total. The molecule has 0 unspecified atom stereocenters. The predicted octanol–water partition coefficient (Wildman–Crippen LogP) is 16.1. The van der Waals surface area contributed by atoms with E-state index in [9.17, 15) is 22.6 Å². The van der Waals surface area contributed by atoms with E-state index in [0.717, 1.165) is 81.8 Å². The molecular formula is C84H109IN7O10S+. The van der Waals surface area contributed by atoms with Crippen LogP contribution in [0.4, 0.5) is 17.1 Å². The van der Waals surface area contributed by atoms with Crippen LogP contribution in [0.2, 0.25) is 0 Å². The van der Waals surface area contributed by atoms with E-state index in [4.69, 9.17) is 34.5 Å². The average molecular weight is 1540 g/mol. The number of hydrogen-bond acceptors (Lipinski definition) is 13. The third kappa shape index (κ3) is 21.0. The molecule has 4 aliphatic rings. The minimum Gasteiger partial charge on any atom is -0.384 e. The molecule has 19 heteroatoms. The Bertz CT molecular complexity index is 4190. The number of carbonyl (C=O) groups excluding carboxylic acids is 2. The van der Waals surface area contributed by atoms with E-state index >= 15 is 0 Å². The van der Waals surface area contributed by atoms with Gasteiger partial charge < -0.3 is 39.6 Å². The van der Waals surface area contributed by atoms with Gasteiger partial charge in [-0.15, -0.1) is 0 Å². The number of primary amides is 1. The summed E-state index contributed by atoms with van der Waals surface area (Å²) in [6, 6.07) is 41.0. The maximum atomic E-state index is 13.0. The fourth-order valence-corrected chi connectivity index (χ4v) is 16.3. The molecule has 0 radical (unpaired) electrons. The van der Waals surface area contributed by atoms with Gasteiger partial charge in [0.05, 0.1) is 92.2 Å². The lowest BCUT2D eigenvalue weighted by Gasteiger charge is -2.29. The van der Waals surface area contributed by atoms with E-state index in [-0.39, 0.29) is 27.8 Å². The number of halogens is 1. The van der Waals surface area contributed by atoms with Crippen LogP contribution >= 0.6 is 22.6 Å². The average Bonchev–Trinajstić information content (AvgIpc) is 1.61. The number of anilines is 2. The predicted molar refractivity (Wildman–Crippen MR) is 422 cm³/mol. The number of benzene rings is 5. The van der Waals surface area contributed by atoms with Gasteiger partial charge in [-0.1, -0.05) is 126 Å². The van der Waals surface area contributed by atoms with Crippen LogP contribution in [0.25, 0.3) is 11.3 Å². The van der Waals surface area contributed by atoms with Crippen molar-refractivity contribution in [2.45, 2.75) is 156 Å². The maximum Gasteiger partial charge on any atom is 0.264 e. The van der Waals surface area contributed by atoms with Gasteiger partial charge in [0.2, 0.25) is 5.69 Å². The Kier molecular flexibility index (Phi) is 28.2. The Morgan fingerprint density at radius 1 is 0.718 bits per heavy atom. The zero-order valence-corrected chi connectivity index (χ0v) is 65.0. The van der Waals surface area contributed by atoms with Crippen LogP contribution in [-0.4, -0.2) is 148 Å². The number of Topliss-reactive ketones (excluding diaryl/α,β-unsaturated/α-hetero) is 1. The summed E-state index contributed by atoms with van der Waals surface area (Å²) in [7, 11) is -4.05. The van der Waals surface area contributed by atoms with Crippen molar-refractivity contribution in [1.82, 2.24) is 14.7 Å². The Labute approximate surface area is 625 Å². The monoisotopic (exact) mass is 1530 g/mol. The molecule has 0 atom stereocenters. The zero-order valence-electron chi connectivity index (χ0n) is 62.0. The summed E-state index contributed by atoms with van der Waals surface area (Å²) >= 11 is 2.40. The number of nitrogens with zero attached hydrogens (tertiary/aromatic N) is 5. The lowest BCUT2D eigenvalue weighted by Crippen LogP contribution is -2.28. The summed E-state index contributed by atoms with van der Waals surface area (Å²) in [4.78, 5) is 30.3. The van der Waals surface area contributed by atoms with Crippen LogP contribution in [0, 0.1) is 15.9 Å². The number of ether oxygens (including phenoxy) is 5. The first-order valence-corrected chi connectivity index (χ1v) is 39.9. The molecule has 0 spiro atoms. The maximum absolute atomic E-state index is 13.0. The molecule has 10 rings (SSSR count). The third-order valence-electron chi connectivity index (χ3n) is 20.2. The molecule has 103 heavy (non-hydrogen) atoms. The molecule has 5 aromatic carbocycles. The smallest absolute Gasteiger partial charge is 0.264 e. The lowest BCUT2D eigenvalue weighted by atomic mass is 9.75. The number of aryl methyl sites for hydroxylation is 1. The summed E-state index contributed by atoms with van der Waals surface area (Å²) in [5, 5.41) is 8.09. The second-order valence-corrected chi connectivity index (χ2v) is 32.4. The van der Waals surface area contributed by atoms with Crippen molar-refractivity contribution in [3.63, 3.8) is 0 Å². The first kappa shape index (κ1) is 78.7. The number of allylic oxidation sites excluding steroid dienone is 8. The van der Waals surface area contributed by atoms with E-state index in [2.05, 4.69) is 212 Å². The van der Waals surface area contributed by atoms with Gasteiger partial charge in [0, 0.05) is 103 Å². The summed E-state index contributed by atoms with van der Waals surface area (Å²) in [5.41, 5.74) is 24.4. The molecule has 0 fully saturated rings. The molecular weight excluding hydrogens is 1430 g/mol. The SMILES string of the molecule is CCCCC[N+]1=C(/C=C/C2=C(c3ccc(CN(CCCOCCOCCOCCOCCOCCCNc4cc(-n5nc(C)c6c5CC(C)(C)CC6=O)ccc4C(N)=O)Cc4cccc(I)c4)cc3)C(=C/C=C3/N(CCCCS(=O)(=O)O)c4ccccc4C3(C)C)/CCC2)C(C)(C)c2ccccc21. The topological polar surface area (TPSA) is 200 Å². The van der Waals surface area contributed by atoms with Crippen molar-refractivity contribution in [2.75, 3.05) is 108 Å². The first-order chi connectivity index (χ1) is 49.5. The number of nitrogens with one attached hydrogen (secondary N) is 1. The highest BCUT2D eigenvalue weighted by molar-refractivity contribution is 14.1. The van der Waals surface area contributed by atoms with Crippen molar-refractivity contribution in [1.29, 1.82) is 0 Å². The molecule has 17 nitrogen and oxygen atoms in total. The molecule has 0 bridgehead atoms. The van der Waals surface area contributed by atoms with Gasteiger partial charge >= 0.3 is 0 Å². The Morgan fingerprint density at radius 3 is 2.08 bits per heavy atom. The second-order valence-electron chi connectivity index (χ2n) is 29.6. The van der Waals surface area contributed by atoms with Crippen LogP contribution in [0.5, 0.6) is 0 Å². The molecule has 3 heterocycles. The van der Waals surface area contributed by atoms with Gasteiger partial charge in [-0.25, -0.2) is 4.68 Å². The lowest BCUT2D eigenvalue weighted by molar-refractivity contribution is -0.438. The van der Waals surface area contributed by atoms with Gasteiger partial charge in [-0.2, -0.15) is 18.1 Å². The fraction of sp³-hybridized carbons (Fsp3) is 0.476. The largest absolute Gasteiger partial charge is 0.384 e. The van der Waals surface area contributed by atoms with E-state index < -0.39 is 16.0 Å². The van der Waals surface area contributed by atoms with Gasteiger partial charge in [-0.05, 0) is 188 Å². The van der Waals surface area contributed by atoms with Crippen molar-refractivity contribution in [3.05, 3.63) is 210 Å². The molecule has 0 saturated carbocycles. The fourth-order valence-electron chi connectivity index (χ4n) is 15.1. The highest BCUT2D eigenvalue weighted by atomic mass is 127. The number of hydrogen-bond donors (Lipinski definition) is 3. The van der Waals surface area contributed by atoms with Gasteiger partial charge in [0.15, 0.2) is 11.5 Å². The Morgan fingerprint density at radius 2 is 1.39 bits per heavy atom. The number of fused-ring (bicyclic) bond motifs is 3. The van der Waals surface area contributed by atoms with Crippen LogP contribution in [0.3, 0.4) is 0 Å². The Balaban J connectivity index is 0.701. The van der Waals surface area contributed by atoms with E-state index in [0.29, 0.717) is 127 Å². The summed E-state index contributed by atoms with van der Waals surface area (Å²) < 4.78 is 68.0. The highest BCUT2D eigenvalue weighted by Gasteiger charge is 2.44. The summed E-state index contributed by atoms with van der Waals surface area (Å²) in [5.74, 6) is -0.662. The number of aromatic nitrogens is 2. The highest BCUT2D eigenvalue weighted by Crippen LogP contribution is 2.49. The van der Waals surface area contributed by atoms with E-state index in [1.807, 2.05) is 23.7 Å². The molecule has 552 valence electrons. The van der Waals surface area contributed by atoms with Gasteiger partial charge in [0.1, 0.15) is 6.54 Å². The quantitative estimate of drug-likeness (QED) is 0.0142. The van der Waals surface area contributed by atoms with Crippen molar-refractivity contribution in [2.24, 2.45) is 11.1 Å². The number of amides is 1. The summed E-state index contributed by atoms with van der Waals surface area (Å²) in [6.07, 6.45) is 19.8.